The third-order valence-corrected chi connectivity index (χ3v) is 4.83. The number of nitrogens with zero attached hydrogens (tertiary/aromatic N) is 2. The molecule has 5 nitrogen and oxygen atoms in total. The van der Waals surface area contributed by atoms with Gasteiger partial charge in [-0.3, -0.25) is 4.21 Å². The molecule has 6 heteroatoms. The number of carbonyl (C=O) groups is 1. The first-order valence-electron chi connectivity index (χ1n) is 6.87. The highest BCUT2D eigenvalue weighted by atomic mass is 32.2. The molecular weight excluding hydrogens is 288 g/mol. The smallest absolute Gasteiger partial charge is 0.335 e. The first kappa shape index (κ1) is 15.7. The Hall–Kier alpha value is -1.69. The minimum Gasteiger partial charge on any atom is -0.478 e. The van der Waals surface area contributed by atoms with Gasteiger partial charge < -0.3 is 9.67 Å². The van der Waals surface area contributed by atoms with E-state index >= 15 is 0 Å². The molecule has 2 rings (SSSR count). The number of rotatable bonds is 5. The number of carboxylic acids is 1. The fourth-order valence-electron chi connectivity index (χ4n) is 2.28. The Bertz CT molecular complexity index is 706. The van der Waals surface area contributed by atoms with Crippen LogP contribution in [0.3, 0.4) is 0 Å². The summed E-state index contributed by atoms with van der Waals surface area (Å²) in [5, 5.41) is 9.09. The molecule has 114 valence electrons. The molecular formula is C15H20N2O3S. The summed E-state index contributed by atoms with van der Waals surface area (Å²) in [7, 11) is -0.914. The number of imidazole rings is 1. The van der Waals surface area contributed by atoms with Crippen molar-refractivity contribution in [1.29, 1.82) is 0 Å². The number of hydrogen-bond acceptors (Lipinski definition) is 3. The second kappa shape index (κ2) is 5.97. The molecule has 1 aromatic heterocycles. The third kappa shape index (κ3) is 3.15. The predicted molar refractivity (Wildman–Crippen MR) is 84.3 cm³/mol. The number of aromatic nitrogens is 2. The number of benzene rings is 1. The minimum atomic E-state index is -0.958. The van der Waals surface area contributed by atoms with Gasteiger partial charge in [-0.05, 0) is 25.1 Å². The predicted octanol–water partition coefficient (Wildman–Crippen LogP) is 2.62. The number of fused-ring (bicyclic) bond motifs is 1. The van der Waals surface area contributed by atoms with E-state index in [-0.39, 0.29) is 16.7 Å². The average molecular weight is 308 g/mol. The quantitative estimate of drug-likeness (QED) is 0.921. The van der Waals surface area contributed by atoms with Crippen molar-refractivity contribution in [2.45, 2.75) is 38.5 Å². The van der Waals surface area contributed by atoms with Crippen LogP contribution in [0.25, 0.3) is 11.0 Å². The molecule has 2 aromatic rings. The Morgan fingerprint density at radius 1 is 1.38 bits per heavy atom. The van der Waals surface area contributed by atoms with Crippen molar-refractivity contribution in [2.75, 3.05) is 6.26 Å². The van der Waals surface area contributed by atoms with Gasteiger partial charge in [-0.2, -0.15) is 0 Å². The van der Waals surface area contributed by atoms with Gasteiger partial charge in [-0.15, -0.1) is 0 Å². The van der Waals surface area contributed by atoms with Crippen molar-refractivity contribution < 1.29 is 14.1 Å². The largest absolute Gasteiger partial charge is 0.478 e. The van der Waals surface area contributed by atoms with Crippen LogP contribution in [0.1, 0.15) is 42.9 Å². The highest BCUT2D eigenvalue weighted by molar-refractivity contribution is 7.84. The van der Waals surface area contributed by atoms with Crippen LogP contribution in [0.5, 0.6) is 0 Å². The van der Waals surface area contributed by atoms with E-state index in [0.29, 0.717) is 12.1 Å². The van der Waals surface area contributed by atoms with Crippen molar-refractivity contribution in [3.8, 4) is 0 Å². The lowest BCUT2D eigenvalue weighted by atomic mass is 10.2. The molecule has 0 saturated carbocycles. The van der Waals surface area contributed by atoms with Crippen molar-refractivity contribution >= 4 is 27.8 Å². The van der Waals surface area contributed by atoms with Crippen LogP contribution in [0, 0.1) is 0 Å². The summed E-state index contributed by atoms with van der Waals surface area (Å²) in [6, 6.07) is 4.96. The van der Waals surface area contributed by atoms with Crippen LogP contribution in [0.4, 0.5) is 0 Å². The lowest BCUT2D eigenvalue weighted by molar-refractivity contribution is 0.0697. The lowest BCUT2D eigenvalue weighted by Crippen LogP contribution is -2.19. The summed E-state index contributed by atoms with van der Waals surface area (Å²) in [5.74, 6) is 0.147. The first-order chi connectivity index (χ1) is 9.81. The van der Waals surface area contributed by atoms with Crippen molar-refractivity contribution in [1.82, 2.24) is 9.55 Å². The average Bonchev–Trinajstić information content (AvgIpc) is 2.76. The highest BCUT2D eigenvalue weighted by Gasteiger charge is 2.18. The Labute approximate surface area is 126 Å². The normalized spacial score (nSPS) is 14.5. The van der Waals surface area contributed by atoms with E-state index in [0.717, 1.165) is 11.3 Å². The van der Waals surface area contributed by atoms with Crippen LogP contribution < -0.4 is 0 Å². The molecule has 21 heavy (non-hydrogen) atoms. The SMILES string of the molecule is CC(C)c1nc2cc(C(=O)O)ccc2n1CC(C)S(C)=O. The van der Waals surface area contributed by atoms with Gasteiger partial charge in [-0.1, -0.05) is 13.8 Å². The van der Waals surface area contributed by atoms with E-state index in [4.69, 9.17) is 5.11 Å². The monoisotopic (exact) mass is 308 g/mol. The molecule has 0 aliphatic carbocycles. The summed E-state index contributed by atoms with van der Waals surface area (Å²) < 4.78 is 13.7. The van der Waals surface area contributed by atoms with Gasteiger partial charge in [0.1, 0.15) is 5.82 Å². The Morgan fingerprint density at radius 3 is 2.57 bits per heavy atom. The van der Waals surface area contributed by atoms with Crippen LogP contribution in [-0.2, 0) is 17.3 Å². The maximum absolute atomic E-state index is 11.6. The molecule has 0 aliphatic rings. The Kier molecular flexibility index (Phi) is 4.46. The van der Waals surface area contributed by atoms with E-state index in [1.165, 1.54) is 0 Å². The Morgan fingerprint density at radius 2 is 2.05 bits per heavy atom. The fraction of sp³-hybridized carbons (Fsp3) is 0.467. The van der Waals surface area contributed by atoms with Gasteiger partial charge in [0.05, 0.1) is 16.6 Å². The second-order valence-corrected chi connectivity index (χ2v) is 7.36. The Balaban J connectivity index is 2.57. The zero-order valence-corrected chi connectivity index (χ0v) is 13.5. The molecule has 2 atom stereocenters. The van der Waals surface area contributed by atoms with Crippen LogP contribution in [-0.4, -0.2) is 36.3 Å². The highest BCUT2D eigenvalue weighted by Crippen LogP contribution is 2.24. The summed E-state index contributed by atoms with van der Waals surface area (Å²) in [6.07, 6.45) is 1.70. The van der Waals surface area contributed by atoms with Crippen LogP contribution >= 0.6 is 0 Å². The van der Waals surface area contributed by atoms with Crippen molar-refractivity contribution in [2.24, 2.45) is 0 Å². The minimum absolute atomic E-state index is 0.0130. The van der Waals surface area contributed by atoms with E-state index in [1.807, 2.05) is 20.8 Å². The maximum Gasteiger partial charge on any atom is 0.335 e. The standard InChI is InChI=1S/C15H20N2O3S/c1-9(2)14-16-12-7-11(15(18)19)5-6-13(12)17(14)8-10(3)21(4)20/h5-7,9-10H,8H2,1-4H3,(H,18,19). The maximum atomic E-state index is 11.6. The number of aromatic carboxylic acids is 1. The fourth-order valence-corrected chi connectivity index (χ4v) is 2.64. The topological polar surface area (TPSA) is 72.2 Å². The van der Waals surface area contributed by atoms with E-state index in [1.54, 1.807) is 24.5 Å². The zero-order chi connectivity index (χ0) is 15.7. The third-order valence-electron chi connectivity index (χ3n) is 3.55. The van der Waals surface area contributed by atoms with Gasteiger partial charge in [0.2, 0.25) is 0 Å². The molecule has 0 saturated heterocycles. The van der Waals surface area contributed by atoms with Gasteiger partial charge in [-0.25, -0.2) is 9.78 Å². The molecule has 1 aromatic carbocycles. The van der Waals surface area contributed by atoms with Gasteiger partial charge in [0, 0.05) is 34.8 Å². The van der Waals surface area contributed by atoms with Gasteiger partial charge >= 0.3 is 5.97 Å². The van der Waals surface area contributed by atoms with Crippen molar-refractivity contribution in [3.63, 3.8) is 0 Å². The molecule has 0 amide bonds. The number of hydrogen-bond donors (Lipinski definition) is 1. The molecule has 0 spiro atoms. The van der Waals surface area contributed by atoms with E-state index in [2.05, 4.69) is 9.55 Å². The van der Waals surface area contributed by atoms with Crippen molar-refractivity contribution in [3.05, 3.63) is 29.6 Å². The number of carboxylic acid groups (broad SMARTS) is 1. The summed E-state index contributed by atoms with van der Waals surface area (Å²) >= 11 is 0. The van der Waals surface area contributed by atoms with E-state index in [9.17, 15) is 9.00 Å². The van der Waals surface area contributed by atoms with E-state index < -0.39 is 16.8 Å². The van der Waals surface area contributed by atoms with Gasteiger partial charge in [0.15, 0.2) is 0 Å². The summed E-state index contributed by atoms with van der Waals surface area (Å²) in [6.45, 7) is 6.64. The lowest BCUT2D eigenvalue weighted by Gasteiger charge is -2.15. The van der Waals surface area contributed by atoms with Gasteiger partial charge in [0.25, 0.3) is 0 Å². The molecule has 1 N–H and O–H groups in total. The molecule has 1 heterocycles. The summed E-state index contributed by atoms with van der Waals surface area (Å²) in [5.41, 5.74) is 1.79. The first-order valence-corrected chi connectivity index (χ1v) is 8.49. The summed E-state index contributed by atoms with van der Waals surface area (Å²) in [4.78, 5) is 15.6. The molecule has 0 radical (unpaired) electrons. The van der Waals surface area contributed by atoms with Crippen LogP contribution in [0.15, 0.2) is 18.2 Å². The molecule has 2 unspecified atom stereocenters. The van der Waals surface area contributed by atoms with Crippen LogP contribution in [0.2, 0.25) is 0 Å². The molecule has 0 fully saturated rings. The molecule has 0 aliphatic heterocycles. The zero-order valence-electron chi connectivity index (χ0n) is 12.7. The second-order valence-electron chi connectivity index (χ2n) is 5.55. The molecule has 0 bridgehead atoms.